The van der Waals surface area contributed by atoms with Crippen LogP contribution in [0.3, 0.4) is 0 Å². The summed E-state index contributed by atoms with van der Waals surface area (Å²) < 4.78 is 6.74. The zero-order valence-electron chi connectivity index (χ0n) is 15.9. The molecule has 4 rings (SSSR count). The normalized spacial score (nSPS) is 11.0. The SMILES string of the molecule is COc1ccc(C(=O)CSc2nc3c(cnn3-c3cccc(C)c3)c(=O)[nH]2)cc1. The number of ketones is 1. The van der Waals surface area contributed by atoms with Crippen molar-refractivity contribution < 1.29 is 9.53 Å². The molecule has 8 heteroatoms. The lowest BCUT2D eigenvalue weighted by Gasteiger charge is -2.06. The Morgan fingerprint density at radius 1 is 1.21 bits per heavy atom. The van der Waals surface area contributed by atoms with Gasteiger partial charge in [-0.1, -0.05) is 23.9 Å². The molecular formula is C21H18N4O3S. The molecule has 0 aliphatic carbocycles. The topological polar surface area (TPSA) is 89.9 Å². The summed E-state index contributed by atoms with van der Waals surface area (Å²) >= 11 is 1.18. The molecular weight excluding hydrogens is 388 g/mol. The van der Waals surface area contributed by atoms with Gasteiger partial charge in [-0.2, -0.15) is 5.10 Å². The van der Waals surface area contributed by atoms with E-state index in [1.54, 1.807) is 36.1 Å². The predicted octanol–water partition coefficient (Wildman–Crippen LogP) is 3.40. The Kier molecular flexibility index (Phi) is 5.18. The minimum Gasteiger partial charge on any atom is -0.497 e. The average molecular weight is 406 g/mol. The Morgan fingerprint density at radius 3 is 2.72 bits per heavy atom. The van der Waals surface area contributed by atoms with Gasteiger partial charge in [0.25, 0.3) is 5.56 Å². The van der Waals surface area contributed by atoms with Crippen molar-refractivity contribution in [2.45, 2.75) is 12.1 Å². The summed E-state index contributed by atoms with van der Waals surface area (Å²) in [7, 11) is 1.58. The van der Waals surface area contributed by atoms with E-state index in [2.05, 4.69) is 15.1 Å². The molecule has 0 amide bonds. The minimum absolute atomic E-state index is 0.0624. The lowest BCUT2D eigenvalue weighted by molar-refractivity contribution is 0.102. The van der Waals surface area contributed by atoms with Crippen LogP contribution in [0.4, 0.5) is 0 Å². The average Bonchev–Trinajstić information content (AvgIpc) is 3.17. The van der Waals surface area contributed by atoms with Crippen LogP contribution in [-0.2, 0) is 0 Å². The number of nitrogens with one attached hydrogen (secondary N) is 1. The third kappa shape index (κ3) is 3.93. The molecule has 0 spiro atoms. The first-order valence-electron chi connectivity index (χ1n) is 8.90. The summed E-state index contributed by atoms with van der Waals surface area (Å²) in [5.41, 5.74) is 2.65. The summed E-state index contributed by atoms with van der Waals surface area (Å²) in [4.78, 5) is 32.1. The highest BCUT2D eigenvalue weighted by Gasteiger charge is 2.14. The monoisotopic (exact) mass is 406 g/mol. The van der Waals surface area contributed by atoms with Gasteiger partial charge in [-0.3, -0.25) is 9.59 Å². The van der Waals surface area contributed by atoms with E-state index in [4.69, 9.17) is 4.74 Å². The molecule has 0 unspecified atom stereocenters. The number of ether oxygens (including phenoxy) is 1. The van der Waals surface area contributed by atoms with Gasteiger partial charge < -0.3 is 9.72 Å². The van der Waals surface area contributed by atoms with E-state index >= 15 is 0 Å². The molecule has 7 nitrogen and oxygen atoms in total. The van der Waals surface area contributed by atoms with E-state index < -0.39 is 0 Å². The molecule has 2 aromatic heterocycles. The van der Waals surface area contributed by atoms with E-state index in [9.17, 15) is 9.59 Å². The summed E-state index contributed by atoms with van der Waals surface area (Å²) in [6.45, 7) is 1.99. The summed E-state index contributed by atoms with van der Waals surface area (Å²) in [5, 5.41) is 5.09. The molecule has 0 fully saturated rings. The number of rotatable bonds is 6. The number of hydrogen-bond acceptors (Lipinski definition) is 6. The Labute approximate surface area is 170 Å². The van der Waals surface area contributed by atoms with Crippen molar-refractivity contribution in [1.29, 1.82) is 0 Å². The fourth-order valence-electron chi connectivity index (χ4n) is 2.91. The fourth-order valence-corrected chi connectivity index (χ4v) is 3.66. The lowest BCUT2D eigenvalue weighted by Crippen LogP contribution is -2.11. The number of aryl methyl sites for hydroxylation is 1. The third-order valence-corrected chi connectivity index (χ3v) is 5.29. The van der Waals surface area contributed by atoms with Gasteiger partial charge in [-0.25, -0.2) is 9.67 Å². The quantitative estimate of drug-likeness (QED) is 0.300. The van der Waals surface area contributed by atoms with Crippen LogP contribution in [0.5, 0.6) is 5.75 Å². The number of carbonyl (C=O) groups is 1. The predicted molar refractivity (Wildman–Crippen MR) is 112 cm³/mol. The van der Waals surface area contributed by atoms with Crippen LogP contribution in [-0.4, -0.2) is 38.4 Å². The molecule has 2 aromatic carbocycles. The highest BCUT2D eigenvalue weighted by Crippen LogP contribution is 2.20. The number of benzene rings is 2. The second-order valence-corrected chi connectivity index (χ2v) is 7.41. The molecule has 0 aliphatic heterocycles. The van der Waals surface area contributed by atoms with Crippen molar-refractivity contribution in [3.05, 3.63) is 76.2 Å². The highest BCUT2D eigenvalue weighted by atomic mass is 32.2. The van der Waals surface area contributed by atoms with Gasteiger partial charge in [0.2, 0.25) is 0 Å². The molecule has 29 heavy (non-hydrogen) atoms. The molecule has 0 saturated carbocycles. The van der Waals surface area contributed by atoms with Gasteiger partial charge in [0.15, 0.2) is 16.6 Å². The van der Waals surface area contributed by atoms with E-state index in [0.717, 1.165) is 11.3 Å². The summed E-state index contributed by atoms with van der Waals surface area (Å²) in [5.74, 6) is 0.780. The first-order valence-corrected chi connectivity index (χ1v) is 9.89. The first kappa shape index (κ1) is 18.9. The molecule has 0 aliphatic rings. The second-order valence-electron chi connectivity index (χ2n) is 6.44. The molecule has 4 aromatic rings. The number of Topliss-reactive ketones (excluding diaryl/α,β-unsaturated/α-hetero) is 1. The molecule has 0 atom stereocenters. The van der Waals surface area contributed by atoms with Gasteiger partial charge in [0, 0.05) is 5.56 Å². The fraction of sp³-hybridized carbons (Fsp3) is 0.143. The number of aromatic amines is 1. The maximum Gasteiger partial charge on any atom is 0.262 e. The summed E-state index contributed by atoms with van der Waals surface area (Å²) in [6, 6.07) is 14.7. The van der Waals surface area contributed by atoms with Crippen LogP contribution in [0.2, 0.25) is 0 Å². The van der Waals surface area contributed by atoms with Crippen LogP contribution < -0.4 is 10.3 Å². The van der Waals surface area contributed by atoms with Crippen LogP contribution in [0, 0.1) is 6.92 Å². The number of carbonyl (C=O) groups excluding carboxylic acids is 1. The van der Waals surface area contributed by atoms with Crippen molar-refractivity contribution in [1.82, 2.24) is 19.7 Å². The summed E-state index contributed by atoms with van der Waals surface area (Å²) in [6.07, 6.45) is 1.50. The standard InChI is InChI=1S/C21H18N4O3S/c1-13-4-3-5-15(10-13)25-19-17(11-22-25)20(27)24-21(23-19)29-12-18(26)14-6-8-16(28-2)9-7-14/h3-11H,12H2,1-2H3,(H,23,24,27). The van der Waals surface area contributed by atoms with Gasteiger partial charge in [0.05, 0.1) is 24.7 Å². The number of methoxy groups -OCH3 is 1. The van der Waals surface area contributed by atoms with Gasteiger partial charge in [0.1, 0.15) is 11.1 Å². The Morgan fingerprint density at radius 2 is 2.00 bits per heavy atom. The largest absolute Gasteiger partial charge is 0.497 e. The van der Waals surface area contributed by atoms with Crippen LogP contribution in [0.1, 0.15) is 15.9 Å². The Hall–Kier alpha value is -3.39. The van der Waals surface area contributed by atoms with Crippen LogP contribution in [0.25, 0.3) is 16.7 Å². The molecule has 2 heterocycles. The molecule has 1 N–H and O–H groups in total. The van der Waals surface area contributed by atoms with E-state index in [0.29, 0.717) is 27.5 Å². The number of aromatic nitrogens is 4. The number of fused-ring (bicyclic) bond motifs is 1. The molecule has 0 radical (unpaired) electrons. The third-order valence-electron chi connectivity index (χ3n) is 4.41. The van der Waals surface area contributed by atoms with Crippen molar-refractivity contribution in [3.8, 4) is 11.4 Å². The van der Waals surface area contributed by atoms with Crippen molar-refractivity contribution >= 4 is 28.6 Å². The van der Waals surface area contributed by atoms with Crippen LogP contribution >= 0.6 is 11.8 Å². The maximum absolute atomic E-state index is 12.4. The van der Waals surface area contributed by atoms with Gasteiger partial charge in [-0.15, -0.1) is 0 Å². The van der Waals surface area contributed by atoms with E-state index in [1.807, 2.05) is 31.2 Å². The Bertz CT molecular complexity index is 1250. The number of nitrogens with zero attached hydrogens (tertiary/aromatic N) is 3. The number of thioether (sulfide) groups is 1. The maximum atomic E-state index is 12.4. The highest BCUT2D eigenvalue weighted by molar-refractivity contribution is 7.99. The smallest absolute Gasteiger partial charge is 0.262 e. The minimum atomic E-state index is -0.284. The van der Waals surface area contributed by atoms with Gasteiger partial charge in [-0.05, 0) is 48.9 Å². The zero-order valence-corrected chi connectivity index (χ0v) is 16.7. The molecule has 146 valence electrons. The van der Waals surface area contributed by atoms with Crippen molar-refractivity contribution in [2.24, 2.45) is 0 Å². The first-order chi connectivity index (χ1) is 14.0. The lowest BCUT2D eigenvalue weighted by atomic mass is 10.1. The van der Waals surface area contributed by atoms with Crippen molar-refractivity contribution in [2.75, 3.05) is 12.9 Å². The number of hydrogen-bond donors (Lipinski definition) is 1. The zero-order chi connectivity index (χ0) is 20.4. The van der Waals surface area contributed by atoms with E-state index in [-0.39, 0.29) is 17.1 Å². The molecule has 0 bridgehead atoms. The van der Waals surface area contributed by atoms with E-state index in [1.165, 1.54) is 18.0 Å². The Balaban J connectivity index is 1.60. The second kappa shape index (κ2) is 7.92. The number of H-pyrrole nitrogens is 1. The van der Waals surface area contributed by atoms with Gasteiger partial charge >= 0.3 is 0 Å². The molecule has 0 saturated heterocycles. The van der Waals surface area contributed by atoms with Crippen molar-refractivity contribution in [3.63, 3.8) is 0 Å². The van der Waals surface area contributed by atoms with Crippen LogP contribution in [0.15, 0.2) is 64.7 Å².